The molecule has 11 heteroatoms. The van der Waals surface area contributed by atoms with Gasteiger partial charge >= 0.3 is 0 Å². The van der Waals surface area contributed by atoms with Crippen LogP contribution in [0.15, 0.2) is 76.4 Å². The number of nitrogens with one attached hydrogen (secondary N) is 1. The number of hydrogen-bond donors (Lipinski definition) is 1. The Morgan fingerprint density at radius 1 is 1.08 bits per heavy atom. The number of aromatic nitrogens is 1. The van der Waals surface area contributed by atoms with Gasteiger partial charge in [0, 0.05) is 28.4 Å². The molecular formula is C27H22ClFN2O5S2. The summed E-state index contributed by atoms with van der Waals surface area (Å²) in [6.45, 7) is 0.625. The van der Waals surface area contributed by atoms with Gasteiger partial charge in [-0.25, -0.2) is 22.5 Å². The third kappa shape index (κ3) is 6.32. The lowest BCUT2D eigenvalue weighted by Gasteiger charge is -2.12. The van der Waals surface area contributed by atoms with Crippen molar-refractivity contribution in [3.63, 3.8) is 0 Å². The Balaban J connectivity index is 1.24. The fraction of sp³-hybridized carbons (Fsp3) is 0.185. The van der Waals surface area contributed by atoms with Crippen LogP contribution in [-0.4, -0.2) is 25.9 Å². The first kappa shape index (κ1) is 26.1. The molecule has 1 N–H and O–H groups in total. The van der Waals surface area contributed by atoms with E-state index in [0.717, 1.165) is 34.6 Å². The summed E-state index contributed by atoms with van der Waals surface area (Å²) in [6.07, 6.45) is 4.15. The van der Waals surface area contributed by atoms with E-state index in [1.54, 1.807) is 17.6 Å². The molecule has 1 fully saturated rings. The van der Waals surface area contributed by atoms with Crippen molar-refractivity contribution < 1.29 is 27.1 Å². The molecule has 4 aromatic rings. The summed E-state index contributed by atoms with van der Waals surface area (Å²) in [5.41, 5.74) is 1.56. The van der Waals surface area contributed by atoms with Gasteiger partial charge in [0.1, 0.15) is 22.4 Å². The largest absolute Gasteiger partial charge is 0.489 e. The summed E-state index contributed by atoms with van der Waals surface area (Å²) in [4.78, 5) is 16.8. The topological polar surface area (TPSA) is 94.6 Å². The van der Waals surface area contributed by atoms with Gasteiger partial charge < -0.3 is 9.47 Å². The van der Waals surface area contributed by atoms with Crippen LogP contribution in [0.4, 0.5) is 4.39 Å². The molecule has 0 spiro atoms. The monoisotopic (exact) mass is 572 g/mol. The molecule has 38 heavy (non-hydrogen) atoms. The first-order valence-corrected chi connectivity index (χ1v) is 14.4. The number of nitrogens with zero attached hydrogens (tertiary/aromatic N) is 1. The molecule has 1 saturated carbocycles. The molecule has 1 aliphatic carbocycles. The Bertz CT molecular complexity index is 1560. The maximum atomic E-state index is 14.8. The van der Waals surface area contributed by atoms with Gasteiger partial charge in [0.15, 0.2) is 0 Å². The number of hydrogen-bond acceptors (Lipinski definition) is 7. The first-order chi connectivity index (χ1) is 18.3. The lowest BCUT2D eigenvalue weighted by Crippen LogP contribution is -2.30. The summed E-state index contributed by atoms with van der Waals surface area (Å²) < 4.78 is 52.7. The van der Waals surface area contributed by atoms with E-state index >= 15 is 0 Å². The molecular weight excluding hydrogens is 551 g/mol. The fourth-order valence-electron chi connectivity index (χ4n) is 3.57. The molecule has 1 aliphatic rings. The molecule has 2 aromatic carbocycles. The van der Waals surface area contributed by atoms with Gasteiger partial charge in [-0.15, -0.1) is 11.3 Å². The Labute approximate surface area is 228 Å². The van der Waals surface area contributed by atoms with Crippen LogP contribution in [0.3, 0.4) is 0 Å². The third-order valence-electron chi connectivity index (χ3n) is 5.83. The molecule has 0 bridgehead atoms. The van der Waals surface area contributed by atoms with Gasteiger partial charge in [-0.3, -0.25) is 4.79 Å². The Morgan fingerprint density at radius 2 is 1.92 bits per heavy atom. The molecule has 0 unspecified atom stereocenters. The number of pyridine rings is 1. The number of halogens is 2. The Hall–Kier alpha value is -3.47. The number of amides is 1. The minimum absolute atomic E-state index is 0.0572. The van der Waals surface area contributed by atoms with Crippen molar-refractivity contribution in [3.05, 3.63) is 94.2 Å². The molecule has 0 atom stereocenters. The molecule has 2 aromatic heterocycles. The highest BCUT2D eigenvalue weighted by molar-refractivity contribution is 7.92. The van der Waals surface area contributed by atoms with Crippen molar-refractivity contribution in [2.75, 3.05) is 6.61 Å². The van der Waals surface area contributed by atoms with Gasteiger partial charge in [-0.1, -0.05) is 29.8 Å². The summed E-state index contributed by atoms with van der Waals surface area (Å²) in [5, 5.41) is 1.62. The molecule has 2 heterocycles. The van der Waals surface area contributed by atoms with E-state index in [1.165, 1.54) is 25.0 Å². The van der Waals surface area contributed by atoms with Crippen LogP contribution in [0, 0.1) is 11.7 Å². The third-order valence-corrected chi connectivity index (χ3v) is 8.91. The highest BCUT2D eigenvalue weighted by Gasteiger charge is 2.23. The van der Waals surface area contributed by atoms with Crippen LogP contribution in [0.1, 0.15) is 28.8 Å². The average molecular weight is 573 g/mol. The summed E-state index contributed by atoms with van der Waals surface area (Å²) in [7, 11) is -4.11. The minimum atomic E-state index is -4.11. The van der Waals surface area contributed by atoms with E-state index < -0.39 is 27.3 Å². The first-order valence-electron chi connectivity index (χ1n) is 11.7. The van der Waals surface area contributed by atoms with Crippen molar-refractivity contribution in [1.82, 2.24) is 9.71 Å². The van der Waals surface area contributed by atoms with Crippen LogP contribution >= 0.6 is 22.9 Å². The minimum Gasteiger partial charge on any atom is -0.489 e. The fourth-order valence-corrected chi connectivity index (χ4v) is 5.74. The van der Waals surface area contributed by atoms with Gasteiger partial charge in [0.05, 0.1) is 12.2 Å². The second-order valence-electron chi connectivity index (χ2n) is 8.75. The number of sulfonamides is 1. The predicted octanol–water partition coefficient (Wildman–Crippen LogP) is 6.09. The smallest absolute Gasteiger partial charge is 0.273 e. The number of carbonyl (C=O) groups excluding carboxylic acids is 1. The van der Waals surface area contributed by atoms with Crippen molar-refractivity contribution in [2.45, 2.75) is 23.7 Å². The van der Waals surface area contributed by atoms with E-state index in [-0.39, 0.29) is 15.8 Å². The average Bonchev–Trinajstić information content (AvgIpc) is 3.56. The Kier molecular flexibility index (Phi) is 7.64. The maximum absolute atomic E-state index is 14.8. The number of thiophene rings is 1. The number of rotatable bonds is 10. The van der Waals surface area contributed by atoms with Crippen LogP contribution < -0.4 is 14.2 Å². The number of carbonyl (C=O) groups is 1. The van der Waals surface area contributed by atoms with Gasteiger partial charge in [-0.2, -0.15) is 0 Å². The zero-order valence-corrected chi connectivity index (χ0v) is 22.3. The quantitative estimate of drug-likeness (QED) is 0.247. The normalized spacial score (nSPS) is 13.2. The van der Waals surface area contributed by atoms with E-state index in [2.05, 4.69) is 4.98 Å². The van der Waals surface area contributed by atoms with E-state index in [4.69, 9.17) is 21.1 Å². The van der Waals surface area contributed by atoms with E-state index in [9.17, 15) is 17.6 Å². The molecule has 0 aliphatic heterocycles. The van der Waals surface area contributed by atoms with Crippen LogP contribution in [0.5, 0.6) is 11.6 Å². The summed E-state index contributed by atoms with van der Waals surface area (Å²) in [5.74, 6) is -0.276. The standard InChI is InChI=1S/C27H22ClFN2O5S2/c28-23-13-22(27(32)31-38(33,34)26-5-2-10-37-26)24(29)12-20(23)16-35-21-4-1-3-18(11-21)19-8-9-25(30-14-19)36-15-17-6-7-17/h1-5,8-14,17H,6-7,15-16H2,(H,31,32). The lowest BCUT2D eigenvalue weighted by atomic mass is 10.1. The highest BCUT2D eigenvalue weighted by atomic mass is 35.5. The van der Waals surface area contributed by atoms with Gasteiger partial charge in [0.2, 0.25) is 5.88 Å². The zero-order valence-electron chi connectivity index (χ0n) is 19.9. The summed E-state index contributed by atoms with van der Waals surface area (Å²) >= 11 is 7.22. The van der Waals surface area contributed by atoms with Gasteiger partial charge in [-0.05, 0) is 66.1 Å². The maximum Gasteiger partial charge on any atom is 0.273 e. The zero-order chi connectivity index (χ0) is 26.7. The van der Waals surface area contributed by atoms with Gasteiger partial charge in [0.25, 0.3) is 15.9 Å². The lowest BCUT2D eigenvalue weighted by molar-refractivity contribution is 0.0977. The Morgan fingerprint density at radius 3 is 2.63 bits per heavy atom. The SMILES string of the molecule is O=C(NS(=O)(=O)c1cccs1)c1cc(Cl)c(COc2cccc(-c3ccc(OCC4CC4)nc3)c2)cc1F. The summed E-state index contributed by atoms with van der Waals surface area (Å²) in [6, 6.07) is 16.1. The second-order valence-corrected chi connectivity index (χ2v) is 12.0. The van der Waals surface area contributed by atoms with Crippen LogP contribution in [0.25, 0.3) is 11.1 Å². The highest BCUT2D eigenvalue weighted by Crippen LogP contribution is 2.30. The molecule has 5 rings (SSSR count). The molecule has 0 radical (unpaired) electrons. The van der Waals surface area contributed by atoms with E-state index in [0.29, 0.717) is 29.7 Å². The number of ether oxygens (including phenoxy) is 2. The molecule has 1 amide bonds. The van der Waals surface area contributed by atoms with Crippen molar-refractivity contribution in [1.29, 1.82) is 0 Å². The molecule has 7 nitrogen and oxygen atoms in total. The van der Waals surface area contributed by atoms with Crippen LogP contribution in [-0.2, 0) is 16.6 Å². The number of benzene rings is 2. The predicted molar refractivity (Wildman–Crippen MR) is 143 cm³/mol. The van der Waals surface area contributed by atoms with Crippen molar-refractivity contribution in [2.24, 2.45) is 5.92 Å². The molecule has 196 valence electrons. The van der Waals surface area contributed by atoms with Crippen molar-refractivity contribution in [3.8, 4) is 22.8 Å². The van der Waals surface area contributed by atoms with E-state index in [1.807, 2.05) is 35.1 Å². The van der Waals surface area contributed by atoms with Crippen LogP contribution in [0.2, 0.25) is 5.02 Å². The second kappa shape index (κ2) is 11.1. The molecule has 0 saturated heterocycles. The van der Waals surface area contributed by atoms with Crippen molar-refractivity contribution >= 4 is 38.9 Å².